The zero-order valence-corrected chi connectivity index (χ0v) is 21.6. The minimum absolute atomic E-state index is 0.225. The van der Waals surface area contributed by atoms with E-state index >= 15 is 0 Å². The van der Waals surface area contributed by atoms with E-state index in [2.05, 4.69) is 10.6 Å². The second-order valence-corrected chi connectivity index (χ2v) is 9.62. The lowest BCUT2D eigenvalue weighted by Gasteiger charge is -2.43. The van der Waals surface area contributed by atoms with Crippen LogP contribution >= 0.6 is 0 Å². The number of carbonyl (C=O) groups excluding carboxylic acids is 2. The van der Waals surface area contributed by atoms with E-state index in [-0.39, 0.29) is 11.9 Å². The zero-order valence-electron chi connectivity index (χ0n) is 21.6. The van der Waals surface area contributed by atoms with Crippen LogP contribution < -0.4 is 20.1 Å². The van der Waals surface area contributed by atoms with Gasteiger partial charge in [0.15, 0.2) is 11.5 Å². The Bertz CT molecular complexity index is 1330. The Hall–Kier alpha value is -3.95. The fourth-order valence-corrected chi connectivity index (χ4v) is 4.53. The first-order valence-electron chi connectivity index (χ1n) is 12.2. The second kappa shape index (κ2) is 10.4. The number of anilines is 1. The largest absolute Gasteiger partial charge is 0.493 e. The van der Waals surface area contributed by atoms with Crippen molar-refractivity contribution in [2.24, 2.45) is 0 Å². The van der Waals surface area contributed by atoms with Crippen LogP contribution in [-0.4, -0.2) is 30.6 Å². The van der Waals surface area contributed by atoms with Gasteiger partial charge in [0, 0.05) is 29.7 Å². The van der Waals surface area contributed by atoms with Crippen molar-refractivity contribution in [1.29, 1.82) is 0 Å². The Morgan fingerprint density at radius 2 is 1.61 bits per heavy atom. The van der Waals surface area contributed by atoms with Gasteiger partial charge in [0.25, 0.3) is 11.8 Å². The van der Waals surface area contributed by atoms with E-state index in [1.807, 2.05) is 0 Å². The number of carbonyl (C=O) groups is 2. The van der Waals surface area contributed by atoms with Crippen LogP contribution in [0.3, 0.4) is 0 Å². The first-order valence-corrected chi connectivity index (χ1v) is 12.2. The molecule has 0 radical (unpaired) electrons. The summed E-state index contributed by atoms with van der Waals surface area (Å²) in [6.45, 7) is 3.50. The third-order valence-electron chi connectivity index (χ3n) is 6.89. The molecule has 2 amide bonds. The molecule has 1 fully saturated rings. The number of ether oxygens (including phenoxy) is 2. The predicted octanol–water partition coefficient (Wildman–Crippen LogP) is 6.17. The van der Waals surface area contributed by atoms with Crippen molar-refractivity contribution in [3.63, 3.8) is 0 Å². The number of aromatic nitrogens is 1. The first kappa shape index (κ1) is 27.1. The molecule has 3 aromatic rings. The summed E-state index contributed by atoms with van der Waals surface area (Å²) in [5.41, 5.74) is -0.446. The van der Waals surface area contributed by atoms with Crippen LogP contribution in [0, 0.1) is 0 Å². The normalized spacial score (nSPS) is 14.5. The van der Waals surface area contributed by atoms with Gasteiger partial charge in [-0.3, -0.25) is 9.59 Å². The van der Waals surface area contributed by atoms with E-state index < -0.39 is 28.7 Å². The molecular formula is C28H30F3N3O4. The van der Waals surface area contributed by atoms with E-state index in [4.69, 9.17) is 9.47 Å². The molecule has 4 rings (SSSR count). The Labute approximate surface area is 218 Å². The maximum atomic E-state index is 13.6. The molecule has 0 aliphatic heterocycles. The molecule has 2 N–H and O–H groups in total. The Morgan fingerprint density at radius 1 is 0.947 bits per heavy atom. The van der Waals surface area contributed by atoms with Crippen molar-refractivity contribution in [2.75, 3.05) is 19.5 Å². The highest BCUT2D eigenvalue weighted by atomic mass is 19.4. The van der Waals surface area contributed by atoms with Crippen LogP contribution in [0.15, 0.2) is 54.9 Å². The summed E-state index contributed by atoms with van der Waals surface area (Å²) in [5.74, 6) is -0.179. The molecule has 1 aliphatic rings. The van der Waals surface area contributed by atoms with Gasteiger partial charge >= 0.3 is 6.18 Å². The third-order valence-corrected chi connectivity index (χ3v) is 6.89. The van der Waals surface area contributed by atoms with Gasteiger partial charge in [0.1, 0.15) is 0 Å². The minimum atomic E-state index is -4.65. The summed E-state index contributed by atoms with van der Waals surface area (Å²) in [6, 6.07) is 11.6. The number of nitrogens with zero attached hydrogens (tertiary/aromatic N) is 1. The van der Waals surface area contributed by atoms with Crippen LogP contribution in [0.1, 0.15) is 71.0 Å². The molecule has 10 heteroatoms. The molecule has 0 unspecified atom stereocenters. The van der Waals surface area contributed by atoms with Crippen molar-refractivity contribution in [1.82, 2.24) is 9.88 Å². The predicted molar refractivity (Wildman–Crippen MR) is 137 cm³/mol. The number of halogens is 3. The number of hydrogen-bond acceptors (Lipinski definition) is 4. The second-order valence-electron chi connectivity index (χ2n) is 9.62. The van der Waals surface area contributed by atoms with E-state index in [1.54, 1.807) is 56.3 Å². The van der Waals surface area contributed by atoms with Gasteiger partial charge in [-0.1, -0.05) is 12.1 Å². The van der Waals surface area contributed by atoms with Gasteiger partial charge in [0.05, 0.1) is 30.9 Å². The first-order chi connectivity index (χ1) is 18.0. The number of rotatable bonds is 8. The number of nitrogens with one attached hydrogen (secondary N) is 2. The maximum absolute atomic E-state index is 13.6. The summed E-state index contributed by atoms with van der Waals surface area (Å²) in [7, 11) is 2.99. The fourth-order valence-electron chi connectivity index (χ4n) is 4.53. The molecule has 0 atom stereocenters. The maximum Gasteiger partial charge on any atom is 0.418 e. The lowest BCUT2D eigenvalue weighted by Crippen LogP contribution is -2.51. The summed E-state index contributed by atoms with van der Waals surface area (Å²) < 4.78 is 52.8. The van der Waals surface area contributed by atoms with Crippen molar-refractivity contribution < 1.29 is 32.2 Å². The molecule has 202 valence electrons. The smallest absolute Gasteiger partial charge is 0.418 e. The number of methoxy groups -OCH3 is 2. The molecule has 1 saturated carbocycles. The molecule has 0 saturated heterocycles. The van der Waals surface area contributed by atoms with Crippen molar-refractivity contribution in [2.45, 2.75) is 50.9 Å². The van der Waals surface area contributed by atoms with Gasteiger partial charge in [-0.05, 0) is 69.0 Å². The van der Waals surface area contributed by atoms with E-state index in [1.165, 1.54) is 25.0 Å². The highest BCUT2D eigenvalue weighted by molar-refractivity contribution is 6.04. The van der Waals surface area contributed by atoms with Crippen molar-refractivity contribution in [3.8, 4) is 11.5 Å². The summed E-state index contributed by atoms with van der Waals surface area (Å²) in [4.78, 5) is 25.8. The van der Waals surface area contributed by atoms with Gasteiger partial charge < -0.3 is 24.7 Å². The molecule has 0 spiro atoms. The van der Waals surface area contributed by atoms with Gasteiger partial charge in [-0.25, -0.2) is 0 Å². The molecule has 1 aliphatic carbocycles. The van der Waals surface area contributed by atoms with Crippen molar-refractivity contribution >= 4 is 17.5 Å². The highest BCUT2D eigenvalue weighted by Gasteiger charge is 2.43. The SMILES string of the molecule is COc1ccc(C(=O)Nc2ccc(C3(NC(=O)c4cn(C(C)C)cc4C(F)(F)F)CCC3)cc2)cc1OC. The quantitative estimate of drug-likeness (QED) is 0.366. The van der Waals surface area contributed by atoms with Gasteiger partial charge in [-0.2, -0.15) is 13.2 Å². The number of alkyl halides is 3. The van der Waals surface area contributed by atoms with Crippen molar-refractivity contribution in [3.05, 3.63) is 77.1 Å². The van der Waals surface area contributed by atoms with Crippen LogP contribution in [-0.2, 0) is 11.7 Å². The third kappa shape index (κ3) is 5.34. The summed E-state index contributed by atoms with van der Waals surface area (Å²) in [6.07, 6.45) is -0.389. The van der Waals surface area contributed by atoms with Gasteiger partial charge in [-0.15, -0.1) is 0 Å². The van der Waals surface area contributed by atoms with E-state index in [9.17, 15) is 22.8 Å². The monoisotopic (exact) mass is 529 g/mol. The molecule has 38 heavy (non-hydrogen) atoms. The lowest BCUT2D eigenvalue weighted by molar-refractivity contribution is -0.138. The average Bonchev–Trinajstić information content (AvgIpc) is 3.33. The molecular weight excluding hydrogens is 499 g/mol. The molecule has 2 aromatic carbocycles. The van der Waals surface area contributed by atoms with E-state index in [0.717, 1.165) is 18.2 Å². The Kier molecular flexibility index (Phi) is 7.44. The van der Waals surface area contributed by atoms with Crippen LogP contribution in [0.25, 0.3) is 0 Å². The molecule has 1 aromatic heterocycles. The minimum Gasteiger partial charge on any atom is -0.493 e. The molecule has 7 nitrogen and oxygen atoms in total. The summed E-state index contributed by atoms with van der Waals surface area (Å²) >= 11 is 0. The molecule has 0 bridgehead atoms. The number of benzene rings is 2. The number of hydrogen-bond donors (Lipinski definition) is 2. The number of amides is 2. The Morgan fingerprint density at radius 3 is 2.13 bits per heavy atom. The standard InChI is InChI=1S/C28H30F3N3O4/c1-17(2)34-15-21(22(16-34)28(29,30)31)26(36)33-27(12-5-13-27)19-7-9-20(10-8-19)32-25(35)18-6-11-23(37-3)24(14-18)38-4/h6-11,14-17H,5,12-13H2,1-4H3,(H,32,35)(H,33,36). The Balaban J connectivity index is 1.51. The topological polar surface area (TPSA) is 81.6 Å². The molecule has 1 heterocycles. The zero-order chi connectivity index (χ0) is 27.7. The highest BCUT2D eigenvalue weighted by Crippen LogP contribution is 2.42. The van der Waals surface area contributed by atoms with Crippen LogP contribution in [0.5, 0.6) is 11.5 Å². The van der Waals surface area contributed by atoms with Crippen LogP contribution in [0.4, 0.5) is 18.9 Å². The van der Waals surface area contributed by atoms with E-state index in [0.29, 0.717) is 35.6 Å². The fraction of sp³-hybridized carbons (Fsp3) is 0.357. The van der Waals surface area contributed by atoms with Gasteiger partial charge in [0.2, 0.25) is 0 Å². The lowest BCUT2D eigenvalue weighted by atomic mass is 9.71. The average molecular weight is 530 g/mol. The van der Waals surface area contributed by atoms with Crippen LogP contribution in [0.2, 0.25) is 0 Å². The summed E-state index contributed by atoms with van der Waals surface area (Å²) in [5, 5.41) is 5.69.